The van der Waals surface area contributed by atoms with Gasteiger partial charge >= 0.3 is 0 Å². The number of ether oxygens (including phenoxy) is 2. The summed E-state index contributed by atoms with van der Waals surface area (Å²) in [5.74, 6) is 2.17. The number of rotatable bonds is 7. The monoisotopic (exact) mass is 301 g/mol. The van der Waals surface area contributed by atoms with E-state index in [1.807, 2.05) is 18.2 Å². The van der Waals surface area contributed by atoms with Crippen LogP contribution in [0.15, 0.2) is 22.7 Å². The van der Waals surface area contributed by atoms with E-state index in [9.17, 15) is 0 Å². The fraction of sp³-hybridized carbons (Fsp3) is 0.538. The maximum absolute atomic E-state index is 5.75. The van der Waals surface area contributed by atoms with Gasteiger partial charge in [0.25, 0.3) is 0 Å². The van der Waals surface area contributed by atoms with Crippen LogP contribution in [0.3, 0.4) is 0 Å². The molecule has 0 bridgehead atoms. The molecule has 1 unspecified atom stereocenters. The molecule has 1 rings (SSSR count). The Morgan fingerprint density at radius 2 is 2.18 bits per heavy atom. The number of hydrogen-bond donors (Lipinski definition) is 1. The number of benzene rings is 1. The number of halogens is 1. The first-order valence-electron chi connectivity index (χ1n) is 5.84. The zero-order valence-electron chi connectivity index (χ0n) is 10.6. The summed E-state index contributed by atoms with van der Waals surface area (Å²) < 4.78 is 11.8. The third-order valence-electron chi connectivity index (χ3n) is 2.41. The van der Waals surface area contributed by atoms with Crippen molar-refractivity contribution in [3.05, 3.63) is 22.7 Å². The summed E-state index contributed by atoms with van der Waals surface area (Å²) in [4.78, 5) is 0. The van der Waals surface area contributed by atoms with E-state index in [1.165, 1.54) is 0 Å². The quantitative estimate of drug-likeness (QED) is 0.839. The molecular weight excluding hydrogens is 282 g/mol. The van der Waals surface area contributed by atoms with Crippen LogP contribution in [-0.4, -0.2) is 26.8 Å². The Bertz CT molecular complexity index is 344. The molecule has 3 nitrogen and oxygen atoms in total. The Morgan fingerprint density at radius 3 is 2.76 bits per heavy atom. The molecule has 1 aromatic carbocycles. The molecule has 1 atom stereocenters. The Kier molecular flexibility index (Phi) is 6.37. The largest absolute Gasteiger partial charge is 0.497 e. The molecule has 0 aliphatic heterocycles. The highest BCUT2D eigenvalue weighted by Gasteiger charge is 2.06. The van der Waals surface area contributed by atoms with Crippen LogP contribution in [0, 0.1) is 5.92 Å². The average Bonchev–Trinajstić information content (AvgIpc) is 2.34. The third kappa shape index (κ3) is 4.96. The van der Waals surface area contributed by atoms with Gasteiger partial charge in [-0.1, -0.05) is 13.8 Å². The molecule has 0 aliphatic carbocycles. The van der Waals surface area contributed by atoms with Gasteiger partial charge in [-0.05, 0) is 40.7 Å². The second kappa shape index (κ2) is 7.56. The summed E-state index contributed by atoms with van der Waals surface area (Å²) in [7, 11) is 1.65. The first kappa shape index (κ1) is 14.3. The van der Waals surface area contributed by atoms with Gasteiger partial charge in [0.05, 0.1) is 18.2 Å². The fourth-order valence-electron chi connectivity index (χ4n) is 1.41. The second-order valence-corrected chi connectivity index (χ2v) is 4.87. The van der Waals surface area contributed by atoms with Crippen molar-refractivity contribution in [3.8, 4) is 11.5 Å². The summed E-state index contributed by atoms with van der Waals surface area (Å²) in [5.41, 5.74) is 0. The normalized spacial score (nSPS) is 12.2. The average molecular weight is 302 g/mol. The van der Waals surface area contributed by atoms with E-state index in [4.69, 9.17) is 9.47 Å². The lowest BCUT2D eigenvalue weighted by Crippen LogP contribution is -2.24. The van der Waals surface area contributed by atoms with Gasteiger partial charge in [0.2, 0.25) is 0 Å². The van der Waals surface area contributed by atoms with Crippen LogP contribution in [0.25, 0.3) is 0 Å². The van der Waals surface area contributed by atoms with Crippen molar-refractivity contribution in [1.29, 1.82) is 0 Å². The van der Waals surface area contributed by atoms with Gasteiger partial charge in [0.1, 0.15) is 11.5 Å². The van der Waals surface area contributed by atoms with Crippen LogP contribution < -0.4 is 14.8 Å². The SMILES string of the molecule is CCNCC(C)COc1ccc(OC)cc1Br. The minimum Gasteiger partial charge on any atom is -0.497 e. The first-order chi connectivity index (χ1) is 8.17. The first-order valence-corrected chi connectivity index (χ1v) is 6.63. The molecule has 1 N–H and O–H groups in total. The van der Waals surface area contributed by atoms with Crippen LogP contribution in [0.4, 0.5) is 0 Å². The van der Waals surface area contributed by atoms with E-state index in [-0.39, 0.29) is 0 Å². The Morgan fingerprint density at radius 1 is 1.41 bits per heavy atom. The van der Waals surface area contributed by atoms with Crippen LogP contribution in [0.1, 0.15) is 13.8 Å². The summed E-state index contributed by atoms with van der Waals surface area (Å²) in [5, 5.41) is 3.31. The number of nitrogens with one attached hydrogen (secondary N) is 1. The fourth-order valence-corrected chi connectivity index (χ4v) is 1.88. The molecule has 1 aromatic rings. The van der Waals surface area contributed by atoms with Gasteiger partial charge in [-0.15, -0.1) is 0 Å². The van der Waals surface area contributed by atoms with E-state index in [0.717, 1.165) is 29.1 Å². The zero-order chi connectivity index (χ0) is 12.7. The number of methoxy groups -OCH3 is 1. The van der Waals surface area contributed by atoms with Gasteiger partial charge in [-0.25, -0.2) is 0 Å². The summed E-state index contributed by atoms with van der Waals surface area (Å²) >= 11 is 3.47. The molecule has 0 spiro atoms. The van der Waals surface area contributed by atoms with Gasteiger partial charge < -0.3 is 14.8 Å². The number of hydrogen-bond acceptors (Lipinski definition) is 3. The maximum atomic E-state index is 5.75. The molecule has 4 heteroatoms. The lowest BCUT2D eigenvalue weighted by molar-refractivity contribution is 0.254. The van der Waals surface area contributed by atoms with Crippen LogP contribution in [-0.2, 0) is 0 Å². The molecule has 96 valence electrons. The molecule has 0 saturated heterocycles. The lowest BCUT2D eigenvalue weighted by atomic mass is 10.2. The van der Waals surface area contributed by atoms with E-state index >= 15 is 0 Å². The molecule has 0 saturated carbocycles. The minimum atomic E-state index is 0.490. The Labute approximate surface area is 112 Å². The topological polar surface area (TPSA) is 30.5 Å². The van der Waals surface area contributed by atoms with Crippen molar-refractivity contribution in [1.82, 2.24) is 5.32 Å². The minimum absolute atomic E-state index is 0.490. The molecule has 0 heterocycles. The van der Waals surface area contributed by atoms with Crippen LogP contribution >= 0.6 is 15.9 Å². The van der Waals surface area contributed by atoms with Gasteiger partial charge in [-0.2, -0.15) is 0 Å². The molecule has 0 amide bonds. The highest BCUT2D eigenvalue weighted by molar-refractivity contribution is 9.10. The standard InChI is InChI=1S/C13H20BrNO2/c1-4-15-8-10(2)9-17-13-6-5-11(16-3)7-12(13)14/h5-7,10,15H,4,8-9H2,1-3H3. The smallest absolute Gasteiger partial charge is 0.133 e. The van der Waals surface area contributed by atoms with Crippen molar-refractivity contribution in [2.45, 2.75) is 13.8 Å². The van der Waals surface area contributed by atoms with Crippen molar-refractivity contribution in [2.24, 2.45) is 5.92 Å². The van der Waals surface area contributed by atoms with Crippen molar-refractivity contribution < 1.29 is 9.47 Å². The van der Waals surface area contributed by atoms with Crippen molar-refractivity contribution in [3.63, 3.8) is 0 Å². The van der Waals surface area contributed by atoms with Gasteiger partial charge in [-0.3, -0.25) is 0 Å². The molecular formula is C13H20BrNO2. The van der Waals surface area contributed by atoms with E-state index in [2.05, 4.69) is 35.1 Å². The van der Waals surface area contributed by atoms with E-state index < -0.39 is 0 Å². The molecule has 0 radical (unpaired) electrons. The van der Waals surface area contributed by atoms with Crippen molar-refractivity contribution >= 4 is 15.9 Å². The van der Waals surface area contributed by atoms with Crippen LogP contribution in [0.2, 0.25) is 0 Å². The second-order valence-electron chi connectivity index (χ2n) is 4.02. The lowest BCUT2D eigenvalue weighted by Gasteiger charge is -2.14. The predicted octanol–water partition coefficient (Wildman–Crippen LogP) is 3.08. The predicted molar refractivity (Wildman–Crippen MR) is 73.9 cm³/mol. The van der Waals surface area contributed by atoms with E-state index in [0.29, 0.717) is 12.5 Å². The van der Waals surface area contributed by atoms with E-state index in [1.54, 1.807) is 7.11 Å². The molecule has 0 aliphatic rings. The highest BCUT2D eigenvalue weighted by Crippen LogP contribution is 2.29. The molecule has 0 fully saturated rings. The van der Waals surface area contributed by atoms with Crippen molar-refractivity contribution in [2.75, 3.05) is 26.8 Å². The maximum Gasteiger partial charge on any atom is 0.133 e. The zero-order valence-corrected chi connectivity index (χ0v) is 12.2. The highest BCUT2D eigenvalue weighted by atomic mass is 79.9. The molecule has 0 aromatic heterocycles. The summed E-state index contributed by atoms with van der Waals surface area (Å²) in [6.07, 6.45) is 0. The Balaban J connectivity index is 2.46. The summed E-state index contributed by atoms with van der Waals surface area (Å²) in [6, 6.07) is 5.72. The summed E-state index contributed by atoms with van der Waals surface area (Å²) in [6.45, 7) is 6.95. The van der Waals surface area contributed by atoms with Crippen LogP contribution in [0.5, 0.6) is 11.5 Å². The Hall–Kier alpha value is -0.740. The molecule has 17 heavy (non-hydrogen) atoms. The van der Waals surface area contributed by atoms with Gasteiger partial charge in [0, 0.05) is 12.5 Å². The van der Waals surface area contributed by atoms with Gasteiger partial charge in [0.15, 0.2) is 0 Å². The third-order valence-corrected chi connectivity index (χ3v) is 3.02.